The molecule has 2 amide bonds. The number of anilines is 1. The van der Waals surface area contributed by atoms with Gasteiger partial charge in [0.05, 0.1) is 23.4 Å². The number of rotatable bonds is 5. The van der Waals surface area contributed by atoms with Crippen LogP contribution in [0.1, 0.15) is 21.5 Å². The molecule has 37 heavy (non-hydrogen) atoms. The van der Waals surface area contributed by atoms with E-state index in [0.29, 0.717) is 48.7 Å². The van der Waals surface area contributed by atoms with E-state index < -0.39 is 0 Å². The standard InChI is InChI=1S/C28H30N6O3/c1-19-13-20(2)15-21(14-19)29-25(35)18-32-9-11-33(12-10-32)27(36)23-16-31(3)17-24-26(23)30-34(28(24)37)22-7-5-4-6-8-22/h4-8,13-17H,9-12,18H2,1-3H3,(H,29,35). The van der Waals surface area contributed by atoms with E-state index in [-0.39, 0.29) is 23.9 Å². The Bertz CT molecular complexity index is 1460. The number of para-hydroxylation sites is 1. The number of hydrogen-bond donors (Lipinski definition) is 1. The normalized spacial score (nSPS) is 14.2. The maximum Gasteiger partial charge on any atom is 0.282 e. The summed E-state index contributed by atoms with van der Waals surface area (Å²) in [6, 6.07) is 15.1. The summed E-state index contributed by atoms with van der Waals surface area (Å²) in [5.74, 6) is -0.241. The molecule has 2 aromatic rings. The van der Waals surface area contributed by atoms with Crippen molar-refractivity contribution in [1.82, 2.24) is 24.1 Å². The minimum absolute atomic E-state index is 0.0732. The summed E-state index contributed by atoms with van der Waals surface area (Å²) in [6.07, 6.45) is 3.42. The summed E-state index contributed by atoms with van der Waals surface area (Å²) in [4.78, 5) is 43.0. The first kappa shape index (κ1) is 24.5. The van der Waals surface area contributed by atoms with Gasteiger partial charge in [-0.1, -0.05) is 24.3 Å². The molecule has 0 unspecified atom stereocenters. The maximum absolute atomic E-state index is 13.5. The Labute approximate surface area is 215 Å². The van der Waals surface area contributed by atoms with E-state index in [1.807, 2.05) is 61.2 Å². The van der Waals surface area contributed by atoms with Gasteiger partial charge in [0.2, 0.25) is 5.91 Å². The van der Waals surface area contributed by atoms with Crippen LogP contribution in [0.2, 0.25) is 0 Å². The van der Waals surface area contributed by atoms with Crippen molar-refractivity contribution in [2.24, 2.45) is 7.05 Å². The monoisotopic (exact) mass is 498 g/mol. The highest BCUT2D eigenvalue weighted by atomic mass is 16.2. The van der Waals surface area contributed by atoms with E-state index in [1.54, 1.807) is 28.9 Å². The van der Waals surface area contributed by atoms with Crippen molar-refractivity contribution in [3.8, 4) is 16.9 Å². The minimum Gasteiger partial charge on any atom is -0.356 e. The Balaban J connectivity index is 1.27. The third-order valence-electron chi connectivity index (χ3n) is 6.56. The highest BCUT2D eigenvalue weighted by Crippen LogP contribution is 2.24. The number of carbonyl (C=O) groups excluding carboxylic acids is 2. The largest absolute Gasteiger partial charge is 0.356 e. The van der Waals surface area contributed by atoms with Crippen LogP contribution in [-0.4, -0.2) is 68.7 Å². The molecular weight excluding hydrogens is 468 g/mol. The molecule has 5 rings (SSSR count). The Morgan fingerprint density at radius 2 is 1.62 bits per heavy atom. The van der Waals surface area contributed by atoms with Crippen LogP contribution in [0.3, 0.4) is 0 Å². The number of aromatic nitrogens is 3. The molecule has 1 fully saturated rings. The molecule has 0 saturated carbocycles. The highest BCUT2D eigenvalue weighted by molar-refractivity contribution is 6.00. The van der Waals surface area contributed by atoms with Gasteiger partial charge >= 0.3 is 0 Å². The van der Waals surface area contributed by atoms with Crippen LogP contribution >= 0.6 is 0 Å². The Kier molecular flexibility index (Phi) is 6.62. The van der Waals surface area contributed by atoms with Gasteiger partial charge in [-0.3, -0.25) is 19.3 Å². The van der Waals surface area contributed by atoms with Crippen molar-refractivity contribution in [2.45, 2.75) is 13.8 Å². The Morgan fingerprint density at radius 1 is 0.946 bits per heavy atom. The molecule has 1 N–H and O–H groups in total. The molecule has 0 aromatic heterocycles. The summed E-state index contributed by atoms with van der Waals surface area (Å²) < 4.78 is 3.06. The second-order valence-electron chi connectivity index (χ2n) is 9.65. The predicted octanol–water partition coefficient (Wildman–Crippen LogP) is 2.69. The highest BCUT2D eigenvalue weighted by Gasteiger charge is 2.29. The summed E-state index contributed by atoms with van der Waals surface area (Å²) in [5.41, 5.74) is 4.58. The van der Waals surface area contributed by atoms with Crippen LogP contribution in [0.5, 0.6) is 0 Å². The first-order chi connectivity index (χ1) is 17.8. The summed E-state index contributed by atoms with van der Waals surface area (Å²) in [6.45, 7) is 6.41. The van der Waals surface area contributed by atoms with Gasteiger partial charge in [0.1, 0.15) is 5.69 Å². The summed E-state index contributed by atoms with van der Waals surface area (Å²) in [7, 11) is 1.79. The number of nitrogens with one attached hydrogen (secondary N) is 1. The fourth-order valence-electron chi connectivity index (χ4n) is 4.87. The van der Waals surface area contributed by atoms with Gasteiger partial charge in [-0.15, -0.1) is 0 Å². The van der Waals surface area contributed by atoms with E-state index in [9.17, 15) is 14.4 Å². The molecule has 1 saturated heterocycles. The van der Waals surface area contributed by atoms with E-state index >= 15 is 0 Å². The zero-order valence-electron chi connectivity index (χ0n) is 21.3. The lowest BCUT2D eigenvalue weighted by Crippen LogP contribution is -2.50. The van der Waals surface area contributed by atoms with Gasteiger partial charge in [0, 0.05) is 51.3 Å². The third-order valence-corrected chi connectivity index (χ3v) is 6.56. The van der Waals surface area contributed by atoms with Crippen molar-refractivity contribution in [2.75, 3.05) is 38.0 Å². The molecule has 2 aromatic carbocycles. The first-order valence-corrected chi connectivity index (χ1v) is 12.3. The van der Waals surface area contributed by atoms with Crippen LogP contribution < -0.4 is 10.9 Å². The van der Waals surface area contributed by atoms with Crippen LogP contribution in [0.25, 0.3) is 16.9 Å². The van der Waals surface area contributed by atoms with Crippen molar-refractivity contribution >= 4 is 17.5 Å². The average molecular weight is 499 g/mol. The van der Waals surface area contributed by atoms with Crippen molar-refractivity contribution in [1.29, 1.82) is 0 Å². The molecule has 9 nitrogen and oxygen atoms in total. The van der Waals surface area contributed by atoms with Gasteiger partial charge in [0.15, 0.2) is 0 Å². The van der Waals surface area contributed by atoms with Crippen molar-refractivity contribution in [3.63, 3.8) is 0 Å². The summed E-state index contributed by atoms with van der Waals surface area (Å²) >= 11 is 0. The van der Waals surface area contributed by atoms with Crippen LogP contribution in [0.4, 0.5) is 5.69 Å². The zero-order valence-corrected chi connectivity index (χ0v) is 21.3. The van der Waals surface area contributed by atoms with E-state index in [1.165, 1.54) is 4.68 Å². The smallest absolute Gasteiger partial charge is 0.282 e. The van der Waals surface area contributed by atoms with Crippen LogP contribution in [-0.2, 0) is 11.8 Å². The number of aryl methyl sites for hydroxylation is 3. The molecular formula is C28H30N6O3. The number of benzene rings is 2. The maximum atomic E-state index is 13.5. The zero-order chi connectivity index (χ0) is 26.1. The molecule has 0 atom stereocenters. The minimum atomic E-state index is -0.258. The predicted molar refractivity (Wildman–Crippen MR) is 142 cm³/mol. The lowest BCUT2D eigenvalue weighted by atomic mass is 10.1. The Hall–Kier alpha value is -4.24. The lowest BCUT2D eigenvalue weighted by Gasteiger charge is -2.34. The van der Waals surface area contributed by atoms with Gasteiger partial charge in [0.25, 0.3) is 11.5 Å². The van der Waals surface area contributed by atoms with Gasteiger partial charge in [-0.2, -0.15) is 9.78 Å². The fraction of sp³-hybridized carbons (Fsp3) is 0.286. The van der Waals surface area contributed by atoms with Gasteiger partial charge in [-0.25, -0.2) is 0 Å². The fourth-order valence-corrected chi connectivity index (χ4v) is 4.87. The number of nitrogens with zero attached hydrogens (tertiary/aromatic N) is 5. The Morgan fingerprint density at radius 3 is 2.30 bits per heavy atom. The number of hydrogen-bond acceptors (Lipinski definition) is 5. The molecule has 0 radical (unpaired) electrons. The summed E-state index contributed by atoms with van der Waals surface area (Å²) in [5, 5.41) is 7.50. The van der Waals surface area contributed by atoms with Crippen molar-refractivity contribution < 1.29 is 9.59 Å². The molecule has 0 bridgehead atoms. The molecule has 3 heterocycles. The number of piperazine rings is 1. The first-order valence-electron chi connectivity index (χ1n) is 12.3. The second kappa shape index (κ2) is 10.0. The number of pyridine rings is 1. The van der Waals surface area contributed by atoms with Gasteiger partial charge < -0.3 is 14.8 Å². The topological polar surface area (TPSA) is 92.5 Å². The lowest BCUT2D eigenvalue weighted by molar-refractivity contribution is -0.117. The van der Waals surface area contributed by atoms with Crippen LogP contribution in [0, 0.1) is 13.8 Å². The molecule has 190 valence electrons. The number of fused-ring (bicyclic) bond motifs is 1. The molecule has 0 spiro atoms. The quantitative estimate of drug-likeness (QED) is 0.457. The molecule has 9 heteroatoms. The van der Waals surface area contributed by atoms with E-state index in [2.05, 4.69) is 16.5 Å². The number of carbonyl (C=O) groups is 2. The molecule has 0 aliphatic carbocycles. The third kappa shape index (κ3) is 5.17. The van der Waals surface area contributed by atoms with E-state index in [4.69, 9.17) is 0 Å². The van der Waals surface area contributed by atoms with E-state index in [0.717, 1.165) is 16.8 Å². The number of amides is 2. The molecule has 3 aliphatic heterocycles. The van der Waals surface area contributed by atoms with Crippen LogP contribution in [0.15, 0.2) is 65.7 Å². The van der Waals surface area contributed by atoms with Gasteiger partial charge in [-0.05, 0) is 49.2 Å². The molecule has 3 aliphatic rings. The van der Waals surface area contributed by atoms with Crippen molar-refractivity contribution in [3.05, 3.63) is 88.0 Å². The average Bonchev–Trinajstić information content (AvgIpc) is 3.19. The SMILES string of the molecule is Cc1cc(C)cc(NC(=O)CN2CCN(C(=O)c3cn(C)cc4c(=O)n(-c5ccccc5)nc3-4)CC2)c1. The second-order valence-corrected chi connectivity index (χ2v) is 9.65.